The third-order valence-corrected chi connectivity index (χ3v) is 6.01. The molecular weight excluding hydrogens is 381 g/mol. The van der Waals surface area contributed by atoms with E-state index in [0.717, 1.165) is 15.2 Å². The van der Waals surface area contributed by atoms with Crippen LogP contribution in [0.3, 0.4) is 0 Å². The molecule has 142 valence electrons. The van der Waals surface area contributed by atoms with Crippen LogP contribution in [0.5, 0.6) is 0 Å². The van der Waals surface area contributed by atoms with E-state index < -0.39 is 0 Å². The van der Waals surface area contributed by atoms with Gasteiger partial charge in [0.15, 0.2) is 5.58 Å². The molecule has 8 heteroatoms. The van der Waals surface area contributed by atoms with Gasteiger partial charge in [-0.15, -0.1) is 11.3 Å². The molecule has 2 aromatic heterocycles. The van der Waals surface area contributed by atoms with Crippen molar-refractivity contribution < 1.29 is 18.4 Å². The molecule has 0 spiro atoms. The molecule has 4 aromatic rings. The summed E-state index contributed by atoms with van der Waals surface area (Å²) in [6.07, 6.45) is 0.0395. The fourth-order valence-corrected chi connectivity index (χ4v) is 4.54. The van der Waals surface area contributed by atoms with Gasteiger partial charge in [0.05, 0.1) is 29.9 Å². The van der Waals surface area contributed by atoms with E-state index in [1.165, 1.54) is 18.2 Å². The molecule has 1 atom stereocenters. The zero-order valence-electron chi connectivity index (χ0n) is 14.8. The predicted molar refractivity (Wildman–Crippen MR) is 103 cm³/mol. The number of morpholine rings is 1. The van der Waals surface area contributed by atoms with Crippen molar-refractivity contribution in [3.63, 3.8) is 0 Å². The van der Waals surface area contributed by atoms with Gasteiger partial charge in [-0.25, -0.2) is 9.37 Å². The number of halogens is 1. The number of benzene rings is 2. The molecule has 1 aliphatic heterocycles. The van der Waals surface area contributed by atoms with E-state index in [1.54, 1.807) is 16.2 Å². The quantitative estimate of drug-likeness (QED) is 0.527. The van der Waals surface area contributed by atoms with Crippen LogP contribution in [0.2, 0.25) is 0 Å². The Balaban J connectivity index is 1.43. The number of hydrogen-bond donors (Lipinski definition) is 0. The summed E-state index contributed by atoms with van der Waals surface area (Å²) < 4.78 is 25.5. The van der Waals surface area contributed by atoms with Gasteiger partial charge in [-0.3, -0.25) is 4.79 Å². The maximum atomic E-state index is 13.6. The minimum Gasteiger partial charge on any atom is -0.377 e. The normalized spacial score (nSPS) is 17.5. The highest BCUT2D eigenvalue weighted by molar-refractivity contribution is 7.18. The molecule has 1 aliphatic rings. The Morgan fingerprint density at radius 2 is 2.18 bits per heavy atom. The molecule has 2 aromatic carbocycles. The molecule has 3 heterocycles. The number of thiazole rings is 1. The van der Waals surface area contributed by atoms with Gasteiger partial charge in [0, 0.05) is 11.9 Å². The lowest BCUT2D eigenvalue weighted by atomic mass is 10.1. The number of nitrogens with zero attached hydrogens (tertiary/aromatic N) is 3. The fraction of sp³-hybridized carbons (Fsp3) is 0.250. The lowest BCUT2D eigenvalue weighted by Gasteiger charge is -2.34. The van der Waals surface area contributed by atoms with E-state index in [-0.39, 0.29) is 24.2 Å². The summed E-state index contributed by atoms with van der Waals surface area (Å²) in [7, 11) is 0. The van der Waals surface area contributed by atoms with E-state index >= 15 is 0 Å². The van der Waals surface area contributed by atoms with Crippen molar-refractivity contribution in [1.82, 2.24) is 15.0 Å². The van der Waals surface area contributed by atoms with Crippen molar-refractivity contribution >= 4 is 38.4 Å². The maximum absolute atomic E-state index is 13.6. The molecule has 6 nitrogen and oxygen atoms in total. The third kappa shape index (κ3) is 3.04. The van der Waals surface area contributed by atoms with E-state index in [2.05, 4.69) is 10.1 Å². The highest BCUT2D eigenvalue weighted by Crippen LogP contribution is 2.32. The molecule has 5 rings (SSSR count). The molecule has 1 saturated heterocycles. The average Bonchev–Trinajstić information content (AvgIpc) is 3.32. The summed E-state index contributed by atoms with van der Waals surface area (Å²) in [6.45, 7) is 1.35. The molecular formula is C20H16FN3O3S. The second-order valence-electron chi connectivity index (χ2n) is 6.64. The minimum atomic E-state index is -0.386. The summed E-state index contributed by atoms with van der Waals surface area (Å²) in [6, 6.07) is 11.8. The lowest BCUT2D eigenvalue weighted by molar-refractivity contribution is -0.139. The molecule has 0 unspecified atom stereocenters. The topological polar surface area (TPSA) is 68.5 Å². The summed E-state index contributed by atoms with van der Waals surface area (Å²) >= 11 is 1.57. The van der Waals surface area contributed by atoms with Crippen LogP contribution in [-0.2, 0) is 16.0 Å². The molecule has 0 aliphatic carbocycles. The van der Waals surface area contributed by atoms with Gasteiger partial charge in [-0.2, -0.15) is 0 Å². The number of para-hydroxylation sites is 1. The van der Waals surface area contributed by atoms with Crippen LogP contribution >= 0.6 is 11.3 Å². The van der Waals surface area contributed by atoms with Gasteiger partial charge in [0.1, 0.15) is 22.6 Å². The number of amides is 1. The summed E-state index contributed by atoms with van der Waals surface area (Å²) in [5.41, 5.74) is 1.82. The number of rotatable bonds is 3. The second-order valence-corrected chi connectivity index (χ2v) is 7.71. The largest absolute Gasteiger partial charge is 0.377 e. The van der Waals surface area contributed by atoms with Crippen LogP contribution in [0.1, 0.15) is 16.7 Å². The Kier molecular flexibility index (Phi) is 4.29. The zero-order valence-corrected chi connectivity index (χ0v) is 15.6. The maximum Gasteiger partial charge on any atom is 0.229 e. The Labute approximate surface area is 163 Å². The first-order valence-corrected chi connectivity index (χ1v) is 9.77. The van der Waals surface area contributed by atoms with Crippen LogP contribution in [0.4, 0.5) is 4.39 Å². The number of carbonyl (C=O) groups is 1. The van der Waals surface area contributed by atoms with Gasteiger partial charge in [0.2, 0.25) is 5.91 Å². The monoisotopic (exact) mass is 397 g/mol. The van der Waals surface area contributed by atoms with E-state index in [0.29, 0.717) is 36.4 Å². The molecule has 1 amide bonds. The van der Waals surface area contributed by atoms with E-state index in [1.807, 2.05) is 24.3 Å². The first-order valence-electron chi connectivity index (χ1n) is 8.95. The highest BCUT2D eigenvalue weighted by atomic mass is 32.1. The van der Waals surface area contributed by atoms with Crippen molar-refractivity contribution in [2.75, 3.05) is 19.8 Å². The van der Waals surface area contributed by atoms with Crippen LogP contribution < -0.4 is 0 Å². The van der Waals surface area contributed by atoms with Gasteiger partial charge in [-0.05, 0) is 30.3 Å². The molecule has 0 saturated carbocycles. The molecule has 1 fully saturated rings. The fourth-order valence-electron chi connectivity index (χ4n) is 3.47. The first kappa shape index (κ1) is 17.3. The standard InChI is InChI=1S/C20H16FN3O3S/c21-12-5-6-17-13(9-12)15(23-27-17)10-19(25)24-7-8-26-11-16(24)20-22-14-3-1-2-4-18(14)28-20/h1-6,9,16H,7-8,10-11H2/t16-/m1/s1. The van der Waals surface area contributed by atoms with Crippen LogP contribution in [0.25, 0.3) is 21.2 Å². The third-order valence-electron chi connectivity index (χ3n) is 4.87. The number of carbonyl (C=O) groups excluding carboxylic acids is 1. The van der Waals surface area contributed by atoms with Gasteiger partial charge >= 0.3 is 0 Å². The summed E-state index contributed by atoms with van der Waals surface area (Å²) in [4.78, 5) is 19.5. The number of aromatic nitrogens is 2. The first-order chi connectivity index (χ1) is 13.7. The van der Waals surface area contributed by atoms with Crippen LogP contribution in [0, 0.1) is 5.82 Å². The SMILES string of the molecule is O=C(Cc1noc2ccc(F)cc12)N1CCOC[C@@H]1c1nc2ccccc2s1. The smallest absolute Gasteiger partial charge is 0.229 e. The van der Waals surface area contributed by atoms with Crippen LogP contribution in [0.15, 0.2) is 47.0 Å². The molecule has 0 N–H and O–H groups in total. The molecule has 28 heavy (non-hydrogen) atoms. The van der Waals surface area contributed by atoms with Gasteiger partial charge in [0.25, 0.3) is 0 Å². The van der Waals surface area contributed by atoms with E-state index in [4.69, 9.17) is 9.26 Å². The highest BCUT2D eigenvalue weighted by Gasteiger charge is 2.31. The van der Waals surface area contributed by atoms with Crippen LogP contribution in [-0.4, -0.2) is 40.7 Å². The molecule has 0 bridgehead atoms. The number of ether oxygens (including phenoxy) is 1. The Morgan fingerprint density at radius 1 is 1.29 bits per heavy atom. The molecule has 0 radical (unpaired) electrons. The lowest BCUT2D eigenvalue weighted by Crippen LogP contribution is -2.44. The van der Waals surface area contributed by atoms with Gasteiger partial charge in [-0.1, -0.05) is 17.3 Å². The number of fused-ring (bicyclic) bond motifs is 2. The Hall–Kier alpha value is -2.84. The Morgan fingerprint density at radius 3 is 3.07 bits per heavy atom. The minimum absolute atomic E-state index is 0.0395. The van der Waals surface area contributed by atoms with Crippen molar-refractivity contribution in [1.29, 1.82) is 0 Å². The number of hydrogen-bond acceptors (Lipinski definition) is 6. The Bertz CT molecular complexity index is 1140. The average molecular weight is 397 g/mol. The van der Waals surface area contributed by atoms with Crippen molar-refractivity contribution in [2.24, 2.45) is 0 Å². The van der Waals surface area contributed by atoms with E-state index in [9.17, 15) is 9.18 Å². The zero-order chi connectivity index (χ0) is 19.1. The summed E-state index contributed by atoms with van der Waals surface area (Å²) in [5, 5.41) is 5.35. The van der Waals surface area contributed by atoms with Crippen molar-refractivity contribution in [3.05, 3.63) is 59.0 Å². The van der Waals surface area contributed by atoms with Gasteiger partial charge < -0.3 is 14.2 Å². The van der Waals surface area contributed by atoms with Crippen molar-refractivity contribution in [2.45, 2.75) is 12.5 Å². The van der Waals surface area contributed by atoms with Crippen molar-refractivity contribution in [3.8, 4) is 0 Å². The second kappa shape index (κ2) is 6.96. The summed E-state index contributed by atoms with van der Waals surface area (Å²) in [5.74, 6) is -0.491. The predicted octanol–water partition coefficient (Wildman–Crippen LogP) is 3.72.